The van der Waals surface area contributed by atoms with E-state index >= 15 is 0 Å². The number of ether oxygens (including phenoxy) is 1. The van der Waals surface area contributed by atoms with Crippen molar-refractivity contribution in [2.24, 2.45) is 4.99 Å². The fourth-order valence-electron chi connectivity index (χ4n) is 4.90. The molecule has 7 heteroatoms. The van der Waals surface area contributed by atoms with Crippen LogP contribution in [-0.2, 0) is 14.8 Å². The van der Waals surface area contributed by atoms with Crippen LogP contribution in [0.15, 0.2) is 119 Å². The van der Waals surface area contributed by atoms with Crippen molar-refractivity contribution in [3.8, 4) is 16.9 Å². The Morgan fingerprint density at radius 1 is 0.737 bits per heavy atom. The Kier molecular flexibility index (Phi) is 6.64. The van der Waals surface area contributed by atoms with Crippen LogP contribution in [-0.4, -0.2) is 49.8 Å². The minimum absolute atomic E-state index is 0.268. The summed E-state index contributed by atoms with van der Waals surface area (Å²) in [6.45, 7) is 1.58. The van der Waals surface area contributed by atoms with Crippen LogP contribution >= 0.6 is 0 Å². The van der Waals surface area contributed by atoms with Crippen molar-refractivity contribution >= 4 is 32.8 Å². The highest BCUT2D eigenvalue weighted by Gasteiger charge is 2.26. The minimum Gasteiger partial charge on any atom is -0.379 e. The summed E-state index contributed by atoms with van der Waals surface area (Å²) >= 11 is 0. The van der Waals surface area contributed by atoms with Gasteiger partial charge in [-0.15, -0.1) is 0 Å². The predicted octanol–water partition coefficient (Wildman–Crippen LogP) is 6.07. The molecule has 6 rings (SSSR count). The Labute approximate surface area is 222 Å². The number of morpholine rings is 1. The summed E-state index contributed by atoms with van der Waals surface area (Å²) in [6, 6.07) is 35.7. The third kappa shape index (κ3) is 4.56. The second kappa shape index (κ2) is 10.4. The van der Waals surface area contributed by atoms with Crippen molar-refractivity contribution in [2.45, 2.75) is 4.90 Å². The molecule has 190 valence electrons. The van der Waals surface area contributed by atoms with Gasteiger partial charge in [0.1, 0.15) is 0 Å². The van der Waals surface area contributed by atoms with Gasteiger partial charge in [-0.3, -0.25) is 4.99 Å². The third-order valence-corrected chi connectivity index (χ3v) is 8.68. The van der Waals surface area contributed by atoms with Crippen LogP contribution in [0.25, 0.3) is 27.8 Å². The molecule has 4 aromatic carbocycles. The third-order valence-electron chi connectivity index (χ3n) is 6.76. The zero-order valence-electron chi connectivity index (χ0n) is 20.8. The standard InChI is InChI=1S/C31H27N3O3S/c35-38(36,33-19-21-37-22-20-33)27-17-15-25(16-18-27)32-23-29-28-13-7-8-14-30(28)34(26-11-5-2-6-12-26)31(29)24-9-3-1-4-10-24/h1-18,23H,19-22H2. The smallest absolute Gasteiger partial charge is 0.243 e. The monoisotopic (exact) mass is 521 g/mol. The molecule has 0 unspecified atom stereocenters. The van der Waals surface area contributed by atoms with Crippen molar-refractivity contribution in [2.75, 3.05) is 26.3 Å². The van der Waals surface area contributed by atoms with Crippen LogP contribution in [0.2, 0.25) is 0 Å². The van der Waals surface area contributed by atoms with Crippen molar-refractivity contribution in [3.63, 3.8) is 0 Å². The van der Waals surface area contributed by atoms with Crippen LogP contribution < -0.4 is 0 Å². The molecule has 0 N–H and O–H groups in total. The number of benzene rings is 4. The molecule has 1 aliphatic rings. The first-order valence-corrected chi connectivity index (χ1v) is 14.0. The van der Waals surface area contributed by atoms with Crippen LogP contribution in [0.5, 0.6) is 0 Å². The van der Waals surface area contributed by atoms with E-state index in [9.17, 15) is 8.42 Å². The molecule has 1 saturated heterocycles. The summed E-state index contributed by atoms with van der Waals surface area (Å²) in [5.74, 6) is 0. The molecule has 0 radical (unpaired) electrons. The Bertz CT molecular complexity index is 1690. The van der Waals surface area contributed by atoms with Crippen LogP contribution in [0.4, 0.5) is 5.69 Å². The molecule has 6 nitrogen and oxygen atoms in total. The number of sulfonamides is 1. The Morgan fingerprint density at radius 2 is 1.37 bits per heavy atom. The lowest BCUT2D eigenvalue weighted by Crippen LogP contribution is -2.40. The maximum atomic E-state index is 13.0. The molecule has 5 aromatic rings. The van der Waals surface area contributed by atoms with Gasteiger partial charge in [0.15, 0.2) is 0 Å². The SMILES string of the molecule is O=S(=O)(c1ccc(N=Cc2c(-c3ccccc3)n(-c3ccccc3)c3ccccc23)cc1)N1CCOCC1. The summed E-state index contributed by atoms with van der Waals surface area (Å²) in [6.07, 6.45) is 1.88. The highest BCUT2D eigenvalue weighted by Crippen LogP contribution is 2.36. The van der Waals surface area contributed by atoms with E-state index in [0.717, 1.165) is 33.4 Å². The lowest BCUT2D eigenvalue weighted by atomic mass is 10.1. The van der Waals surface area contributed by atoms with E-state index in [2.05, 4.69) is 41.0 Å². The van der Waals surface area contributed by atoms with Gasteiger partial charge in [0.05, 0.1) is 35.0 Å². The predicted molar refractivity (Wildman–Crippen MR) is 152 cm³/mol. The van der Waals surface area contributed by atoms with Gasteiger partial charge < -0.3 is 9.30 Å². The molecule has 0 saturated carbocycles. The average molecular weight is 522 g/mol. The van der Waals surface area contributed by atoms with E-state index in [0.29, 0.717) is 32.0 Å². The molecule has 38 heavy (non-hydrogen) atoms. The van der Waals surface area contributed by atoms with Gasteiger partial charge in [-0.2, -0.15) is 4.31 Å². The van der Waals surface area contributed by atoms with Gasteiger partial charge in [0.2, 0.25) is 10.0 Å². The van der Waals surface area contributed by atoms with Gasteiger partial charge in [-0.1, -0.05) is 66.7 Å². The van der Waals surface area contributed by atoms with E-state index in [4.69, 9.17) is 9.73 Å². The quantitative estimate of drug-likeness (QED) is 0.255. The highest BCUT2D eigenvalue weighted by atomic mass is 32.2. The van der Waals surface area contributed by atoms with Crippen LogP contribution in [0, 0.1) is 0 Å². The normalized spacial score (nSPS) is 14.8. The maximum Gasteiger partial charge on any atom is 0.243 e. The highest BCUT2D eigenvalue weighted by molar-refractivity contribution is 7.89. The first-order valence-electron chi connectivity index (χ1n) is 12.6. The van der Waals surface area contributed by atoms with E-state index in [1.54, 1.807) is 24.3 Å². The van der Waals surface area contributed by atoms with Gasteiger partial charge in [0, 0.05) is 35.9 Å². The van der Waals surface area contributed by atoms with Gasteiger partial charge in [-0.05, 0) is 48.0 Å². The Morgan fingerprint density at radius 3 is 2.08 bits per heavy atom. The molecule has 0 amide bonds. The minimum atomic E-state index is -3.55. The van der Waals surface area contributed by atoms with Gasteiger partial charge in [-0.25, -0.2) is 8.42 Å². The van der Waals surface area contributed by atoms with Crippen LogP contribution in [0.1, 0.15) is 5.56 Å². The lowest BCUT2D eigenvalue weighted by Gasteiger charge is -2.26. The number of nitrogens with zero attached hydrogens (tertiary/aromatic N) is 3. The van der Waals surface area contributed by atoms with Crippen molar-refractivity contribution < 1.29 is 13.2 Å². The van der Waals surface area contributed by atoms with Crippen molar-refractivity contribution in [3.05, 3.63) is 115 Å². The average Bonchev–Trinajstić information content (AvgIpc) is 3.32. The number of aromatic nitrogens is 1. The molecule has 2 heterocycles. The molecule has 0 atom stereocenters. The molecular formula is C31H27N3O3S. The molecule has 1 fully saturated rings. The summed E-state index contributed by atoms with van der Waals surface area (Å²) in [4.78, 5) is 5.06. The van der Waals surface area contributed by atoms with Crippen molar-refractivity contribution in [1.29, 1.82) is 0 Å². The van der Waals surface area contributed by atoms with Crippen LogP contribution in [0.3, 0.4) is 0 Å². The first-order chi connectivity index (χ1) is 18.6. The number of hydrogen-bond acceptors (Lipinski definition) is 4. The number of aliphatic imine (C=N–C) groups is 1. The second-order valence-electron chi connectivity index (χ2n) is 9.08. The van der Waals surface area contributed by atoms with E-state index in [1.165, 1.54) is 4.31 Å². The molecule has 1 aromatic heterocycles. The van der Waals surface area contributed by atoms with Gasteiger partial charge >= 0.3 is 0 Å². The summed E-state index contributed by atoms with van der Waals surface area (Å²) in [5.41, 5.74) is 5.97. The van der Waals surface area contributed by atoms with E-state index < -0.39 is 10.0 Å². The van der Waals surface area contributed by atoms with Crippen molar-refractivity contribution in [1.82, 2.24) is 8.87 Å². The first kappa shape index (κ1) is 24.3. The second-order valence-corrected chi connectivity index (χ2v) is 11.0. The summed E-state index contributed by atoms with van der Waals surface area (Å²) in [7, 11) is -3.55. The van der Waals surface area contributed by atoms with Gasteiger partial charge in [0.25, 0.3) is 0 Å². The number of para-hydroxylation sites is 2. The maximum absolute atomic E-state index is 13.0. The van der Waals surface area contributed by atoms with E-state index in [-0.39, 0.29) is 4.90 Å². The topological polar surface area (TPSA) is 63.9 Å². The zero-order chi connectivity index (χ0) is 26.0. The molecule has 0 aliphatic carbocycles. The fourth-order valence-corrected chi connectivity index (χ4v) is 6.31. The molecular weight excluding hydrogens is 494 g/mol. The Balaban J connectivity index is 1.43. The molecule has 0 bridgehead atoms. The fraction of sp³-hybridized carbons (Fsp3) is 0.129. The van der Waals surface area contributed by atoms with E-state index in [1.807, 2.05) is 54.7 Å². The lowest BCUT2D eigenvalue weighted by molar-refractivity contribution is 0.0730. The molecule has 1 aliphatic heterocycles. The molecule has 0 spiro atoms. The summed E-state index contributed by atoms with van der Waals surface area (Å²) in [5, 5.41) is 1.09. The zero-order valence-corrected chi connectivity index (χ0v) is 21.6. The summed E-state index contributed by atoms with van der Waals surface area (Å²) < 4.78 is 35.0. The number of rotatable bonds is 6. The number of hydrogen-bond donors (Lipinski definition) is 0. The number of fused-ring (bicyclic) bond motifs is 1. The largest absolute Gasteiger partial charge is 0.379 e. The Hall–Kier alpha value is -4.04.